The standard InChI is InChI=1S/C15H17N5O/c21-15(17-12-5-4-8-16-11-12)13-6-7-14(19-18-13)20-9-2-1-3-10-20/h4-8,11H,1-3,9-10H2,(H,17,21). The molecule has 0 spiro atoms. The molecule has 0 saturated carbocycles. The molecule has 0 radical (unpaired) electrons. The van der Waals surface area contributed by atoms with E-state index in [1.54, 1.807) is 30.6 Å². The monoisotopic (exact) mass is 283 g/mol. The van der Waals surface area contributed by atoms with E-state index in [2.05, 4.69) is 25.4 Å². The third-order valence-electron chi connectivity index (χ3n) is 3.48. The first-order valence-corrected chi connectivity index (χ1v) is 7.13. The number of aromatic nitrogens is 3. The highest BCUT2D eigenvalue weighted by atomic mass is 16.1. The molecule has 1 N–H and O–H groups in total. The van der Waals surface area contributed by atoms with Gasteiger partial charge < -0.3 is 10.2 Å². The molecule has 108 valence electrons. The number of piperidine rings is 1. The van der Waals surface area contributed by atoms with Crippen LogP contribution in [0.2, 0.25) is 0 Å². The Morgan fingerprint density at radius 1 is 1.10 bits per heavy atom. The van der Waals surface area contributed by atoms with Gasteiger partial charge in [0.1, 0.15) is 0 Å². The topological polar surface area (TPSA) is 71.0 Å². The summed E-state index contributed by atoms with van der Waals surface area (Å²) >= 11 is 0. The summed E-state index contributed by atoms with van der Waals surface area (Å²) in [7, 11) is 0. The Labute approximate surface area is 123 Å². The largest absolute Gasteiger partial charge is 0.355 e. The quantitative estimate of drug-likeness (QED) is 0.934. The predicted octanol–water partition coefficient (Wildman–Crippen LogP) is 2.11. The zero-order valence-electron chi connectivity index (χ0n) is 11.7. The van der Waals surface area contributed by atoms with Crippen LogP contribution in [0.1, 0.15) is 29.8 Å². The lowest BCUT2D eigenvalue weighted by Gasteiger charge is -2.27. The van der Waals surface area contributed by atoms with E-state index in [-0.39, 0.29) is 5.91 Å². The maximum atomic E-state index is 12.0. The van der Waals surface area contributed by atoms with Crippen molar-refractivity contribution in [3.8, 4) is 0 Å². The predicted molar refractivity (Wildman–Crippen MR) is 80.3 cm³/mol. The fourth-order valence-electron chi connectivity index (χ4n) is 2.37. The molecule has 1 saturated heterocycles. The molecule has 0 aliphatic carbocycles. The van der Waals surface area contributed by atoms with Gasteiger partial charge in [-0.2, -0.15) is 0 Å². The second-order valence-electron chi connectivity index (χ2n) is 5.02. The zero-order valence-corrected chi connectivity index (χ0v) is 11.7. The second kappa shape index (κ2) is 6.30. The molecule has 2 aromatic rings. The van der Waals surface area contributed by atoms with Crippen LogP contribution in [0.5, 0.6) is 0 Å². The fourth-order valence-corrected chi connectivity index (χ4v) is 2.37. The Balaban J connectivity index is 1.67. The maximum absolute atomic E-state index is 12.0. The molecule has 0 aromatic carbocycles. The van der Waals surface area contributed by atoms with Gasteiger partial charge in [-0.25, -0.2) is 0 Å². The van der Waals surface area contributed by atoms with E-state index in [1.165, 1.54) is 19.3 Å². The molecular formula is C15H17N5O. The van der Waals surface area contributed by atoms with Gasteiger partial charge in [-0.15, -0.1) is 10.2 Å². The van der Waals surface area contributed by atoms with Crippen LogP contribution in [0.4, 0.5) is 11.5 Å². The van der Waals surface area contributed by atoms with E-state index in [9.17, 15) is 4.79 Å². The van der Waals surface area contributed by atoms with Crippen molar-refractivity contribution in [2.75, 3.05) is 23.3 Å². The molecule has 6 heteroatoms. The Morgan fingerprint density at radius 3 is 2.62 bits per heavy atom. The van der Waals surface area contributed by atoms with E-state index >= 15 is 0 Å². The first kappa shape index (κ1) is 13.5. The zero-order chi connectivity index (χ0) is 14.5. The van der Waals surface area contributed by atoms with E-state index in [1.807, 2.05) is 6.07 Å². The van der Waals surface area contributed by atoms with Crippen LogP contribution >= 0.6 is 0 Å². The van der Waals surface area contributed by atoms with Crippen LogP contribution in [0.3, 0.4) is 0 Å². The van der Waals surface area contributed by atoms with Crippen molar-refractivity contribution in [1.82, 2.24) is 15.2 Å². The van der Waals surface area contributed by atoms with Crippen LogP contribution < -0.4 is 10.2 Å². The molecule has 3 rings (SSSR count). The molecule has 1 aliphatic rings. The molecular weight excluding hydrogens is 266 g/mol. The molecule has 1 fully saturated rings. The SMILES string of the molecule is O=C(Nc1cccnc1)c1ccc(N2CCCCC2)nn1. The fraction of sp³-hybridized carbons (Fsp3) is 0.333. The number of nitrogens with zero attached hydrogens (tertiary/aromatic N) is 4. The van der Waals surface area contributed by atoms with Crippen LogP contribution in [-0.4, -0.2) is 34.2 Å². The Kier molecular flexibility index (Phi) is 4.04. The Morgan fingerprint density at radius 2 is 1.95 bits per heavy atom. The van der Waals surface area contributed by atoms with Crippen molar-refractivity contribution in [3.05, 3.63) is 42.4 Å². The number of hydrogen-bond acceptors (Lipinski definition) is 5. The summed E-state index contributed by atoms with van der Waals surface area (Å²) in [5.74, 6) is 0.563. The van der Waals surface area contributed by atoms with E-state index in [0.29, 0.717) is 11.4 Å². The molecule has 0 bridgehead atoms. The molecule has 1 aliphatic heterocycles. The highest BCUT2D eigenvalue weighted by Gasteiger charge is 2.14. The van der Waals surface area contributed by atoms with E-state index < -0.39 is 0 Å². The molecule has 21 heavy (non-hydrogen) atoms. The minimum Gasteiger partial charge on any atom is -0.355 e. The van der Waals surface area contributed by atoms with Crippen molar-refractivity contribution in [1.29, 1.82) is 0 Å². The molecule has 3 heterocycles. The first-order chi connectivity index (χ1) is 10.3. The molecule has 2 aromatic heterocycles. The number of anilines is 2. The third kappa shape index (κ3) is 3.34. The van der Waals surface area contributed by atoms with Crippen molar-refractivity contribution >= 4 is 17.4 Å². The summed E-state index contributed by atoms with van der Waals surface area (Å²) in [5, 5.41) is 10.9. The van der Waals surface area contributed by atoms with Crippen molar-refractivity contribution in [2.24, 2.45) is 0 Å². The summed E-state index contributed by atoms with van der Waals surface area (Å²) in [6, 6.07) is 7.11. The van der Waals surface area contributed by atoms with Crippen LogP contribution in [0.15, 0.2) is 36.7 Å². The number of amides is 1. The van der Waals surface area contributed by atoms with Gasteiger partial charge in [-0.05, 0) is 43.5 Å². The second-order valence-corrected chi connectivity index (χ2v) is 5.02. The van der Waals surface area contributed by atoms with Crippen LogP contribution in [-0.2, 0) is 0 Å². The smallest absolute Gasteiger partial charge is 0.276 e. The number of carbonyl (C=O) groups excluding carboxylic acids is 1. The van der Waals surface area contributed by atoms with Gasteiger partial charge >= 0.3 is 0 Å². The van der Waals surface area contributed by atoms with Crippen molar-refractivity contribution in [3.63, 3.8) is 0 Å². The van der Waals surface area contributed by atoms with Gasteiger partial charge in [0.05, 0.1) is 11.9 Å². The summed E-state index contributed by atoms with van der Waals surface area (Å²) in [6.45, 7) is 2.02. The average Bonchev–Trinajstić information content (AvgIpc) is 2.57. The molecule has 0 unspecified atom stereocenters. The number of carbonyl (C=O) groups is 1. The molecule has 1 amide bonds. The van der Waals surface area contributed by atoms with Crippen LogP contribution in [0.25, 0.3) is 0 Å². The van der Waals surface area contributed by atoms with E-state index in [0.717, 1.165) is 18.9 Å². The average molecular weight is 283 g/mol. The lowest BCUT2D eigenvalue weighted by molar-refractivity contribution is 0.102. The van der Waals surface area contributed by atoms with Gasteiger partial charge in [0.15, 0.2) is 11.5 Å². The summed E-state index contributed by atoms with van der Waals surface area (Å²) in [5.41, 5.74) is 0.948. The van der Waals surface area contributed by atoms with Crippen LogP contribution in [0, 0.1) is 0 Å². The number of rotatable bonds is 3. The molecule has 0 atom stereocenters. The summed E-state index contributed by atoms with van der Waals surface area (Å²) < 4.78 is 0. The Bertz CT molecular complexity index is 593. The minimum atomic E-state index is -0.277. The minimum absolute atomic E-state index is 0.277. The lowest BCUT2D eigenvalue weighted by atomic mass is 10.1. The maximum Gasteiger partial charge on any atom is 0.276 e. The van der Waals surface area contributed by atoms with Gasteiger partial charge in [0.2, 0.25) is 0 Å². The number of nitrogens with one attached hydrogen (secondary N) is 1. The summed E-state index contributed by atoms with van der Waals surface area (Å²) in [4.78, 5) is 18.2. The number of pyridine rings is 1. The number of hydrogen-bond donors (Lipinski definition) is 1. The van der Waals surface area contributed by atoms with Gasteiger partial charge in [-0.1, -0.05) is 0 Å². The third-order valence-corrected chi connectivity index (χ3v) is 3.48. The first-order valence-electron chi connectivity index (χ1n) is 7.13. The highest BCUT2D eigenvalue weighted by molar-refractivity contribution is 6.02. The lowest BCUT2D eigenvalue weighted by Crippen LogP contribution is -2.30. The normalized spacial score (nSPS) is 14.8. The van der Waals surface area contributed by atoms with Gasteiger partial charge in [0, 0.05) is 19.3 Å². The Hall–Kier alpha value is -2.50. The van der Waals surface area contributed by atoms with Crippen molar-refractivity contribution in [2.45, 2.75) is 19.3 Å². The van der Waals surface area contributed by atoms with Crippen molar-refractivity contribution < 1.29 is 4.79 Å². The van der Waals surface area contributed by atoms with Gasteiger partial charge in [0.25, 0.3) is 5.91 Å². The molecule has 6 nitrogen and oxygen atoms in total. The summed E-state index contributed by atoms with van der Waals surface area (Å²) in [6.07, 6.45) is 6.89. The highest BCUT2D eigenvalue weighted by Crippen LogP contribution is 2.16. The van der Waals surface area contributed by atoms with E-state index in [4.69, 9.17) is 0 Å². The van der Waals surface area contributed by atoms with Gasteiger partial charge in [-0.3, -0.25) is 9.78 Å².